The number of nitrogens with one attached hydrogen (secondary N) is 2. The van der Waals surface area contributed by atoms with Crippen LogP contribution in [-0.4, -0.2) is 42.5 Å². The molecule has 36 heavy (non-hydrogen) atoms. The normalized spacial score (nSPS) is 15.0. The van der Waals surface area contributed by atoms with Gasteiger partial charge < -0.3 is 20.3 Å². The van der Waals surface area contributed by atoms with Crippen molar-refractivity contribution in [1.29, 1.82) is 0 Å². The van der Waals surface area contributed by atoms with Gasteiger partial charge in [0.25, 0.3) is 0 Å². The van der Waals surface area contributed by atoms with E-state index < -0.39 is 12.1 Å². The van der Waals surface area contributed by atoms with Crippen molar-refractivity contribution in [2.75, 3.05) is 25.0 Å². The Hall–Kier alpha value is -3.35. The molecule has 0 bridgehead atoms. The Morgan fingerprint density at radius 2 is 1.50 bits per heavy atom. The van der Waals surface area contributed by atoms with E-state index in [2.05, 4.69) is 38.3 Å². The molecule has 1 atom stereocenters. The molecule has 0 spiro atoms. The maximum Gasteiger partial charge on any atom is 0.320 e. The minimum Gasteiger partial charge on any atom is -0.466 e. The molecule has 194 valence electrons. The number of nitrogens with zero attached hydrogens (tertiary/aromatic N) is 1. The second-order valence-corrected chi connectivity index (χ2v) is 9.91. The van der Waals surface area contributed by atoms with Crippen molar-refractivity contribution in [3.8, 4) is 0 Å². The van der Waals surface area contributed by atoms with E-state index in [1.165, 1.54) is 0 Å². The van der Waals surface area contributed by atoms with Gasteiger partial charge in [0.2, 0.25) is 5.91 Å². The van der Waals surface area contributed by atoms with Crippen LogP contribution in [0.15, 0.2) is 48.5 Å². The van der Waals surface area contributed by atoms with Gasteiger partial charge in [-0.25, -0.2) is 4.79 Å². The van der Waals surface area contributed by atoms with Crippen molar-refractivity contribution in [1.82, 2.24) is 10.2 Å². The Morgan fingerprint density at radius 1 is 0.917 bits per heavy atom. The lowest BCUT2D eigenvalue weighted by atomic mass is 9.92. The number of urea groups is 1. The number of hydrogen-bond donors (Lipinski definition) is 2. The fourth-order valence-corrected chi connectivity index (χ4v) is 4.69. The number of esters is 1. The summed E-state index contributed by atoms with van der Waals surface area (Å²) in [5.74, 6) is -0.119. The summed E-state index contributed by atoms with van der Waals surface area (Å²) in [5.41, 5.74) is 3.63. The number of amides is 3. The summed E-state index contributed by atoms with van der Waals surface area (Å²) in [6, 6.07) is 14.1. The molecule has 2 aromatic carbocycles. The first-order chi connectivity index (χ1) is 17.2. The Kier molecular flexibility index (Phi) is 9.51. The number of ether oxygens (including phenoxy) is 1. The minimum absolute atomic E-state index is 0.181. The Labute approximate surface area is 214 Å². The van der Waals surface area contributed by atoms with Crippen LogP contribution >= 0.6 is 0 Å². The molecule has 3 rings (SSSR count). The van der Waals surface area contributed by atoms with Gasteiger partial charge in [-0.3, -0.25) is 9.59 Å². The van der Waals surface area contributed by atoms with Gasteiger partial charge in [-0.15, -0.1) is 0 Å². The smallest absolute Gasteiger partial charge is 0.320 e. The van der Waals surface area contributed by atoms with Gasteiger partial charge in [-0.1, -0.05) is 76.2 Å². The van der Waals surface area contributed by atoms with E-state index in [0.717, 1.165) is 16.8 Å². The maximum absolute atomic E-state index is 13.6. The van der Waals surface area contributed by atoms with E-state index in [0.29, 0.717) is 38.1 Å². The third-order valence-corrected chi connectivity index (χ3v) is 6.69. The van der Waals surface area contributed by atoms with E-state index in [9.17, 15) is 14.4 Å². The van der Waals surface area contributed by atoms with Crippen molar-refractivity contribution in [3.63, 3.8) is 0 Å². The van der Waals surface area contributed by atoms with Crippen LogP contribution < -0.4 is 10.6 Å². The van der Waals surface area contributed by atoms with E-state index in [1.807, 2.05) is 48.5 Å². The van der Waals surface area contributed by atoms with Gasteiger partial charge in [-0.05, 0) is 48.3 Å². The van der Waals surface area contributed by atoms with Crippen LogP contribution in [0.2, 0.25) is 0 Å². The van der Waals surface area contributed by atoms with Gasteiger partial charge in [0.15, 0.2) is 0 Å². The predicted molar refractivity (Wildman–Crippen MR) is 142 cm³/mol. The van der Waals surface area contributed by atoms with Crippen molar-refractivity contribution in [2.24, 2.45) is 5.92 Å². The van der Waals surface area contributed by atoms with Crippen LogP contribution in [-0.2, 0) is 14.3 Å². The molecule has 1 fully saturated rings. The van der Waals surface area contributed by atoms with Crippen molar-refractivity contribution >= 4 is 23.6 Å². The Morgan fingerprint density at radius 3 is 2.03 bits per heavy atom. The third-order valence-electron chi connectivity index (χ3n) is 6.69. The number of carbonyl (C=O) groups is 3. The second-order valence-electron chi connectivity index (χ2n) is 9.91. The summed E-state index contributed by atoms with van der Waals surface area (Å²) < 4.78 is 5.15. The van der Waals surface area contributed by atoms with Crippen molar-refractivity contribution in [2.45, 2.75) is 65.3 Å². The van der Waals surface area contributed by atoms with Crippen LogP contribution in [0.4, 0.5) is 10.5 Å². The summed E-state index contributed by atoms with van der Waals surface area (Å²) in [7, 11) is 0. The highest BCUT2D eigenvalue weighted by atomic mass is 16.5. The topological polar surface area (TPSA) is 87.7 Å². The summed E-state index contributed by atoms with van der Waals surface area (Å²) in [4.78, 5) is 40.7. The zero-order valence-electron chi connectivity index (χ0n) is 22.0. The molecule has 0 unspecified atom stereocenters. The second kappa shape index (κ2) is 12.6. The summed E-state index contributed by atoms with van der Waals surface area (Å²) >= 11 is 0. The predicted octanol–water partition coefficient (Wildman–Crippen LogP) is 5.60. The molecule has 0 radical (unpaired) electrons. The summed E-state index contributed by atoms with van der Waals surface area (Å²) in [5, 5.41) is 5.99. The van der Waals surface area contributed by atoms with Crippen LogP contribution in [0.3, 0.4) is 0 Å². The van der Waals surface area contributed by atoms with E-state index in [4.69, 9.17) is 4.74 Å². The maximum atomic E-state index is 13.6. The molecule has 0 aliphatic carbocycles. The number of piperidine rings is 1. The Balaban J connectivity index is 1.79. The zero-order valence-corrected chi connectivity index (χ0v) is 22.0. The van der Waals surface area contributed by atoms with E-state index in [1.54, 1.807) is 11.8 Å². The lowest BCUT2D eigenvalue weighted by Crippen LogP contribution is -2.47. The molecule has 3 amide bonds. The SMILES string of the molecule is CCOC(=O)C1CCN(C(=O)[C@@H](NC(=O)Nc2c(C(C)C)cccc2C(C)C)c2ccccc2)CC1. The highest BCUT2D eigenvalue weighted by Crippen LogP contribution is 2.32. The molecule has 2 N–H and O–H groups in total. The summed E-state index contributed by atoms with van der Waals surface area (Å²) in [6.45, 7) is 11.4. The number of anilines is 1. The molecule has 1 heterocycles. The molecule has 7 nitrogen and oxygen atoms in total. The van der Waals surface area contributed by atoms with Gasteiger partial charge in [0.1, 0.15) is 6.04 Å². The highest BCUT2D eigenvalue weighted by molar-refractivity contribution is 5.95. The molecule has 1 aliphatic rings. The molecule has 1 saturated heterocycles. The first-order valence-corrected chi connectivity index (χ1v) is 12.9. The van der Waals surface area contributed by atoms with Crippen molar-refractivity contribution < 1.29 is 19.1 Å². The van der Waals surface area contributed by atoms with Crippen LogP contribution in [0.5, 0.6) is 0 Å². The molecule has 7 heteroatoms. The monoisotopic (exact) mass is 493 g/mol. The quantitative estimate of drug-likeness (QED) is 0.469. The molecule has 0 aromatic heterocycles. The van der Waals surface area contributed by atoms with Gasteiger partial charge in [0, 0.05) is 18.8 Å². The van der Waals surface area contributed by atoms with Crippen LogP contribution in [0, 0.1) is 5.92 Å². The largest absolute Gasteiger partial charge is 0.466 e. The average molecular weight is 494 g/mol. The van der Waals surface area contributed by atoms with Crippen molar-refractivity contribution in [3.05, 3.63) is 65.2 Å². The van der Waals surface area contributed by atoms with E-state index in [-0.39, 0.29) is 29.6 Å². The number of benzene rings is 2. The van der Waals surface area contributed by atoms with E-state index >= 15 is 0 Å². The number of para-hydroxylation sites is 1. The average Bonchev–Trinajstić information content (AvgIpc) is 2.87. The molecule has 2 aromatic rings. The van der Waals surface area contributed by atoms with Gasteiger partial charge >= 0.3 is 12.0 Å². The number of likely N-dealkylation sites (tertiary alicyclic amines) is 1. The number of hydrogen-bond acceptors (Lipinski definition) is 4. The lowest BCUT2D eigenvalue weighted by Gasteiger charge is -2.33. The van der Waals surface area contributed by atoms with Crippen LogP contribution in [0.25, 0.3) is 0 Å². The van der Waals surface area contributed by atoms with Gasteiger partial charge in [0.05, 0.1) is 12.5 Å². The highest BCUT2D eigenvalue weighted by Gasteiger charge is 2.33. The molecule has 1 aliphatic heterocycles. The fourth-order valence-electron chi connectivity index (χ4n) is 4.69. The van der Waals surface area contributed by atoms with Crippen LogP contribution in [0.1, 0.15) is 82.0 Å². The first kappa shape index (κ1) is 27.2. The first-order valence-electron chi connectivity index (χ1n) is 12.9. The molecular weight excluding hydrogens is 454 g/mol. The minimum atomic E-state index is -0.834. The summed E-state index contributed by atoms with van der Waals surface area (Å²) in [6.07, 6.45) is 1.11. The van der Waals surface area contributed by atoms with Gasteiger partial charge in [-0.2, -0.15) is 0 Å². The number of rotatable bonds is 8. The third kappa shape index (κ3) is 6.65. The number of carbonyl (C=O) groups excluding carboxylic acids is 3. The molecule has 0 saturated carbocycles. The molecular formula is C29H39N3O4. The fraction of sp³-hybridized carbons (Fsp3) is 0.483. The zero-order chi connectivity index (χ0) is 26.2. The standard InChI is InChI=1S/C29H39N3O4/c1-6-36-28(34)22-15-17-32(18-16-22)27(33)25(21-11-8-7-9-12-21)30-29(35)31-26-23(19(2)3)13-10-14-24(26)20(4)5/h7-14,19-20,22,25H,6,15-18H2,1-5H3,(H2,30,31,35)/t25-/m0/s1. The lowest BCUT2D eigenvalue weighted by molar-refractivity contribution is -0.151. The Bertz CT molecular complexity index is 1020.